The molecule has 0 saturated carbocycles. The molecule has 0 bridgehead atoms. The van der Waals surface area contributed by atoms with Gasteiger partial charge in [0.15, 0.2) is 46.1 Å². The summed E-state index contributed by atoms with van der Waals surface area (Å²) in [6.07, 6.45) is 0. The van der Waals surface area contributed by atoms with Crippen LogP contribution in [0.15, 0.2) is 72.8 Å². The summed E-state index contributed by atoms with van der Waals surface area (Å²) in [6.45, 7) is 9.28. The smallest absolute Gasteiger partial charge is 0.338 e. The van der Waals surface area contributed by atoms with E-state index in [0.717, 1.165) is 0 Å². The predicted octanol–water partition coefficient (Wildman–Crippen LogP) is 7.42. The summed E-state index contributed by atoms with van der Waals surface area (Å²) in [6, 6.07) is 10.8. The number of ether oxygens (including phenoxy) is 4. The molecule has 12 heteroatoms. The zero-order chi connectivity index (χ0) is 33.4. The molecule has 4 aromatic carbocycles. The first kappa shape index (κ1) is 31.6. The van der Waals surface area contributed by atoms with Crippen LogP contribution in [-0.4, -0.2) is 22.2 Å². The molecule has 0 aromatic heterocycles. The van der Waals surface area contributed by atoms with E-state index in [2.05, 4.69) is 13.2 Å². The lowest BCUT2D eigenvalue weighted by molar-refractivity contribution is -0.131. The van der Waals surface area contributed by atoms with Gasteiger partial charge in [0.2, 0.25) is 11.6 Å². The first-order valence-corrected chi connectivity index (χ1v) is 13.5. The van der Waals surface area contributed by atoms with Gasteiger partial charge in [-0.05, 0) is 73.5 Å². The van der Waals surface area contributed by atoms with Crippen molar-refractivity contribution in [2.24, 2.45) is 0 Å². The van der Waals surface area contributed by atoms with Crippen molar-refractivity contribution in [3.8, 4) is 56.8 Å². The highest BCUT2D eigenvalue weighted by atomic mass is 19.1. The van der Waals surface area contributed by atoms with Crippen molar-refractivity contribution >= 4 is 11.9 Å². The van der Waals surface area contributed by atoms with Crippen LogP contribution in [0.4, 0.5) is 17.6 Å². The summed E-state index contributed by atoms with van der Waals surface area (Å²) in [7, 11) is 0. The molecule has 46 heavy (non-hydrogen) atoms. The molecule has 2 aliphatic rings. The molecular formula is C34H24F4O8. The van der Waals surface area contributed by atoms with Crippen LogP contribution >= 0.6 is 0 Å². The van der Waals surface area contributed by atoms with Crippen molar-refractivity contribution < 1.29 is 56.3 Å². The lowest BCUT2D eigenvalue weighted by Gasteiger charge is -2.23. The molecule has 0 saturated heterocycles. The Morgan fingerprint density at radius 1 is 0.609 bits per heavy atom. The fourth-order valence-corrected chi connectivity index (χ4v) is 4.61. The van der Waals surface area contributed by atoms with Crippen molar-refractivity contribution in [2.45, 2.75) is 27.1 Å². The van der Waals surface area contributed by atoms with Crippen LogP contribution < -0.4 is 18.9 Å². The summed E-state index contributed by atoms with van der Waals surface area (Å²) in [4.78, 5) is 23.3. The number of hydrogen-bond acceptors (Lipinski definition) is 8. The van der Waals surface area contributed by atoms with Crippen LogP contribution in [0, 0.1) is 23.3 Å². The summed E-state index contributed by atoms with van der Waals surface area (Å²) in [5, 5.41) is 18.5. The van der Waals surface area contributed by atoms with Crippen molar-refractivity contribution in [3.63, 3.8) is 0 Å². The van der Waals surface area contributed by atoms with Crippen molar-refractivity contribution in [3.05, 3.63) is 107 Å². The highest BCUT2D eigenvalue weighted by Crippen LogP contribution is 2.45. The minimum Gasteiger partial charge on any atom is -0.505 e. The molecule has 0 fully saturated rings. The highest BCUT2D eigenvalue weighted by molar-refractivity contribution is 5.90. The predicted molar refractivity (Wildman–Crippen MR) is 156 cm³/mol. The maximum atomic E-state index is 14.8. The molecule has 0 spiro atoms. The highest BCUT2D eigenvalue weighted by Gasteiger charge is 2.29. The maximum Gasteiger partial charge on any atom is 0.338 e. The number of esters is 2. The van der Waals surface area contributed by atoms with Gasteiger partial charge in [-0.15, -0.1) is 0 Å². The Kier molecular flexibility index (Phi) is 8.47. The third-order valence-electron chi connectivity index (χ3n) is 6.97. The topological polar surface area (TPSA) is 112 Å². The molecule has 0 radical (unpaired) electrons. The van der Waals surface area contributed by atoms with E-state index in [1.165, 1.54) is 62.4 Å². The summed E-state index contributed by atoms with van der Waals surface area (Å²) < 4.78 is 77.2. The summed E-state index contributed by atoms with van der Waals surface area (Å²) in [5.41, 5.74) is 1.99. The van der Waals surface area contributed by atoms with Crippen LogP contribution in [0.3, 0.4) is 0 Å². The molecule has 2 N–H and O–H groups in total. The Morgan fingerprint density at radius 2 is 1.00 bits per heavy atom. The lowest BCUT2D eigenvalue weighted by atomic mass is 9.96. The van der Waals surface area contributed by atoms with Crippen LogP contribution in [0.5, 0.6) is 34.5 Å². The minimum atomic E-state index is -0.879. The lowest BCUT2D eigenvalue weighted by Crippen LogP contribution is -2.14. The van der Waals surface area contributed by atoms with E-state index >= 15 is 0 Å². The fourth-order valence-electron chi connectivity index (χ4n) is 4.61. The van der Waals surface area contributed by atoms with Crippen molar-refractivity contribution in [2.75, 3.05) is 0 Å². The van der Waals surface area contributed by atoms with E-state index in [0.29, 0.717) is 16.7 Å². The zero-order valence-corrected chi connectivity index (χ0v) is 24.3. The number of halogens is 4. The second kappa shape index (κ2) is 12.3. The fraction of sp³-hybridized carbons (Fsp3) is 0.118. The second-order valence-corrected chi connectivity index (χ2v) is 10.3. The summed E-state index contributed by atoms with van der Waals surface area (Å²) >= 11 is 0. The van der Waals surface area contributed by atoms with Gasteiger partial charge in [-0.1, -0.05) is 13.2 Å². The second-order valence-electron chi connectivity index (χ2n) is 10.3. The zero-order valence-electron chi connectivity index (χ0n) is 24.3. The van der Waals surface area contributed by atoms with E-state index in [-0.39, 0.29) is 64.0 Å². The molecule has 4 aromatic rings. The SMILES string of the molecule is C=C(C)C(=O)Oc1ccc2c(c1F)COc1c-2ccc(OC(=O)C(=C)C)c1F.Oc1ccc2c(c1F)COc1c-2ccc(O)c1F. The quantitative estimate of drug-likeness (QED) is 0.103. The molecule has 0 amide bonds. The first-order valence-electron chi connectivity index (χ1n) is 13.5. The van der Waals surface area contributed by atoms with E-state index < -0.39 is 46.7 Å². The monoisotopic (exact) mass is 636 g/mol. The molecule has 0 unspecified atom stereocenters. The van der Waals surface area contributed by atoms with Crippen molar-refractivity contribution in [1.82, 2.24) is 0 Å². The number of aromatic hydroxyl groups is 2. The van der Waals surface area contributed by atoms with Gasteiger partial charge in [0.1, 0.15) is 13.2 Å². The van der Waals surface area contributed by atoms with E-state index in [4.69, 9.17) is 18.9 Å². The number of phenolic OH excluding ortho intramolecular Hbond substituents is 2. The molecule has 6 rings (SSSR count). The molecule has 2 aliphatic heterocycles. The molecule has 8 nitrogen and oxygen atoms in total. The van der Waals surface area contributed by atoms with Gasteiger partial charge >= 0.3 is 11.9 Å². The Morgan fingerprint density at radius 3 is 1.52 bits per heavy atom. The maximum absolute atomic E-state index is 14.8. The number of rotatable bonds is 4. The van der Waals surface area contributed by atoms with Gasteiger partial charge in [0.05, 0.1) is 0 Å². The third kappa shape index (κ3) is 5.72. The van der Waals surface area contributed by atoms with Crippen LogP contribution in [-0.2, 0) is 22.8 Å². The van der Waals surface area contributed by atoms with Crippen LogP contribution in [0.2, 0.25) is 0 Å². The number of fused-ring (bicyclic) bond motifs is 6. The number of phenols is 2. The Hall–Kier alpha value is -5.78. The molecule has 0 atom stereocenters. The Bertz CT molecular complexity index is 1830. The first-order chi connectivity index (χ1) is 21.8. The third-order valence-corrected chi connectivity index (χ3v) is 6.97. The Labute approximate surface area is 259 Å². The number of hydrogen-bond donors (Lipinski definition) is 2. The number of carbonyl (C=O) groups is 2. The van der Waals surface area contributed by atoms with Gasteiger partial charge in [-0.3, -0.25) is 0 Å². The van der Waals surface area contributed by atoms with Gasteiger partial charge in [0, 0.05) is 33.4 Å². The normalized spacial score (nSPS) is 12.0. The molecule has 0 aliphatic carbocycles. The van der Waals surface area contributed by atoms with Gasteiger partial charge in [-0.25, -0.2) is 18.4 Å². The minimum absolute atomic E-state index is 0.104. The van der Waals surface area contributed by atoms with E-state index in [1.807, 2.05) is 0 Å². The van der Waals surface area contributed by atoms with E-state index in [1.54, 1.807) is 0 Å². The van der Waals surface area contributed by atoms with Crippen molar-refractivity contribution in [1.29, 1.82) is 0 Å². The van der Waals surface area contributed by atoms with Crippen LogP contribution in [0.25, 0.3) is 22.3 Å². The van der Waals surface area contributed by atoms with Gasteiger partial charge in [-0.2, -0.15) is 8.78 Å². The number of benzene rings is 4. The van der Waals surface area contributed by atoms with Gasteiger partial charge in [0.25, 0.3) is 0 Å². The molecule has 236 valence electrons. The average Bonchev–Trinajstić information content (AvgIpc) is 3.03. The largest absolute Gasteiger partial charge is 0.505 e. The van der Waals surface area contributed by atoms with Crippen LogP contribution in [0.1, 0.15) is 25.0 Å². The molecular weight excluding hydrogens is 612 g/mol. The Balaban J connectivity index is 0.000000198. The summed E-state index contributed by atoms with van der Waals surface area (Å²) in [5.74, 6) is -6.68. The van der Waals surface area contributed by atoms with Gasteiger partial charge < -0.3 is 29.2 Å². The molecule has 2 heterocycles. The van der Waals surface area contributed by atoms with E-state index in [9.17, 15) is 37.4 Å². The standard InChI is InChI=1S/C21H16F2O5.C13H8F2O3/c1-10(2)20(24)27-15-7-5-12-13-6-8-16(28-21(25)11(3)4)18(23)19(13)26-9-14(12)17(15)22;14-11-8-5-18-13-7(2-4-10(17)12(13)15)6(8)1-3-9(11)16/h5-8H,1,3,9H2,2,4H3;1-4,16-17H,5H2. The number of carbonyl (C=O) groups excluding carboxylic acids is 2. The average molecular weight is 637 g/mol.